The average molecular weight is 540 g/mol. The van der Waals surface area contributed by atoms with Crippen LogP contribution in [0.15, 0.2) is 82.7 Å². The van der Waals surface area contributed by atoms with Gasteiger partial charge in [0.15, 0.2) is 25.3 Å². The van der Waals surface area contributed by atoms with Crippen LogP contribution in [0, 0.1) is 0 Å². The molecule has 1 unspecified atom stereocenters. The summed E-state index contributed by atoms with van der Waals surface area (Å²) in [5.74, 6) is -2.35. The van der Waals surface area contributed by atoms with Crippen LogP contribution in [0.3, 0.4) is 0 Å². The number of nitrogens with zero attached hydrogens (tertiary/aromatic N) is 3. The Morgan fingerprint density at radius 2 is 1.46 bits per heavy atom. The van der Waals surface area contributed by atoms with Crippen LogP contribution in [0.25, 0.3) is 5.65 Å². The number of amides is 3. The number of hydrogen-bond donors (Lipinski definition) is 2. The number of hydrogen-bond acceptors (Lipinski definition) is 8. The quantitative estimate of drug-likeness (QED) is 0.359. The average Bonchev–Trinajstić information content (AvgIpc) is 3.27. The third-order valence-electron chi connectivity index (χ3n) is 5.84. The van der Waals surface area contributed by atoms with Gasteiger partial charge in [0.25, 0.3) is 0 Å². The zero-order valence-corrected chi connectivity index (χ0v) is 20.9. The predicted octanol–water partition coefficient (Wildman–Crippen LogP) is 1.60. The molecule has 1 aliphatic heterocycles. The third kappa shape index (κ3) is 5.08. The van der Waals surface area contributed by atoms with Gasteiger partial charge in [-0.1, -0.05) is 36.4 Å². The molecule has 0 aliphatic carbocycles. The van der Waals surface area contributed by atoms with Gasteiger partial charge in [0, 0.05) is 12.1 Å². The Morgan fingerprint density at radius 3 is 2.05 bits per heavy atom. The van der Waals surface area contributed by atoms with Crippen LogP contribution < -0.4 is 10.6 Å². The van der Waals surface area contributed by atoms with Crippen molar-refractivity contribution in [2.45, 2.75) is 27.2 Å². The highest BCUT2D eigenvalue weighted by Crippen LogP contribution is 2.25. The van der Waals surface area contributed by atoms with Gasteiger partial charge >= 0.3 is 6.03 Å². The van der Waals surface area contributed by atoms with Crippen LogP contribution in [0.4, 0.5) is 4.79 Å². The SMILES string of the molecule is O=C1NCC(c2cc(CS(=O)(=O)c3ccccc3)c3nc(CS(=O)(=O)c4ccccc4)cn3n2)C(=O)N1. The van der Waals surface area contributed by atoms with Crippen LogP contribution in [0.1, 0.15) is 22.9 Å². The number of carbonyl (C=O) groups is 2. The van der Waals surface area contributed by atoms with E-state index in [1.54, 1.807) is 36.4 Å². The second-order valence-corrected chi connectivity index (χ2v) is 12.5. The fourth-order valence-electron chi connectivity index (χ4n) is 4.05. The summed E-state index contributed by atoms with van der Waals surface area (Å²) in [6, 6.07) is 16.6. The monoisotopic (exact) mass is 539 g/mol. The molecule has 4 aromatic rings. The molecule has 2 N–H and O–H groups in total. The van der Waals surface area contributed by atoms with E-state index in [0.29, 0.717) is 0 Å². The number of benzene rings is 2. The molecule has 1 aliphatic rings. The molecule has 37 heavy (non-hydrogen) atoms. The number of nitrogens with one attached hydrogen (secondary N) is 2. The lowest BCUT2D eigenvalue weighted by Crippen LogP contribution is -2.51. The highest BCUT2D eigenvalue weighted by atomic mass is 32.2. The standard InChI is InChI=1S/C24H21N5O6S2/c30-23-20(12-25-24(31)27-23)21-11-16(14-36(32,33)18-7-3-1-4-8-18)22-26-17(13-29(22)28-21)15-37(34,35)19-9-5-2-6-10-19/h1-11,13,20H,12,14-15H2,(H2,25,27,30,31). The van der Waals surface area contributed by atoms with Crippen molar-refractivity contribution >= 4 is 37.3 Å². The maximum absolute atomic E-state index is 13.2. The Balaban J connectivity index is 1.59. The number of rotatable bonds is 7. The number of imide groups is 1. The summed E-state index contributed by atoms with van der Waals surface area (Å²) in [7, 11) is -7.54. The molecular formula is C24H21N5O6S2. The van der Waals surface area contributed by atoms with Crippen LogP contribution in [0.2, 0.25) is 0 Å². The van der Waals surface area contributed by atoms with Gasteiger partial charge in [-0.05, 0) is 30.3 Å². The Hall–Kier alpha value is -4.10. The number of sulfone groups is 2. The fraction of sp³-hybridized carbons (Fsp3) is 0.167. The predicted molar refractivity (Wildman–Crippen MR) is 132 cm³/mol. The molecule has 2 aromatic carbocycles. The summed E-state index contributed by atoms with van der Waals surface area (Å²) in [5, 5.41) is 9.11. The van der Waals surface area contributed by atoms with Crippen molar-refractivity contribution in [3.05, 3.63) is 89.9 Å². The molecule has 0 radical (unpaired) electrons. The molecule has 2 aromatic heterocycles. The molecule has 0 bridgehead atoms. The normalized spacial score (nSPS) is 16.4. The molecule has 190 valence electrons. The molecule has 11 nitrogen and oxygen atoms in total. The molecule has 0 saturated carbocycles. The summed E-state index contributed by atoms with van der Waals surface area (Å²) >= 11 is 0. The lowest BCUT2D eigenvalue weighted by molar-refractivity contribution is -0.122. The van der Waals surface area contributed by atoms with Crippen molar-refractivity contribution in [2.75, 3.05) is 6.54 Å². The van der Waals surface area contributed by atoms with Crippen molar-refractivity contribution in [3.63, 3.8) is 0 Å². The molecule has 1 fully saturated rings. The molecule has 0 spiro atoms. The Labute approximate surface area is 212 Å². The van der Waals surface area contributed by atoms with E-state index in [4.69, 9.17) is 0 Å². The summed E-state index contributed by atoms with van der Waals surface area (Å²) in [5.41, 5.74) is 0.759. The van der Waals surface area contributed by atoms with Gasteiger partial charge in [0.05, 0.1) is 44.8 Å². The minimum absolute atomic E-state index is 0.0298. The van der Waals surface area contributed by atoms with Gasteiger partial charge in [-0.2, -0.15) is 5.10 Å². The van der Waals surface area contributed by atoms with Gasteiger partial charge in [-0.25, -0.2) is 31.1 Å². The van der Waals surface area contributed by atoms with E-state index < -0.39 is 49.0 Å². The first-order valence-corrected chi connectivity index (χ1v) is 14.5. The number of imidazole rings is 1. The maximum atomic E-state index is 13.2. The van der Waals surface area contributed by atoms with Crippen molar-refractivity contribution in [3.8, 4) is 0 Å². The van der Waals surface area contributed by atoms with Crippen LogP contribution in [-0.4, -0.2) is 49.9 Å². The minimum atomic E-state index is -3.81. The van der Waals surface area contributed by atoms with Gasteiger partial charge in [0.1, 0.15) is 0 Å². The molecule has 3 heterocycles. The van der Waals surface area contributed by atoms with E-state index in [9.17, 15) is 26.4 Å². The second kappa shape index (κ2) is 9.41. The Morgan fingerprint density at radius 1 is 0.865 bits per heavy atom. The number of aromatic nitrogens is 3. The van der Waals surface area contributed by atoms with Crippen LogP contribution >= 0.6 is 0 Å². The molecule has 1 saturated heterocycles. The number of fused-ring (bicyclic) bond motifs is 1. The van der Waals surface area contributed by atoms with Crippen molar-refractivity contribution in [1.82, 2.24) is 25.2 Å². The highest BCUT2D eigenvalue weighted by molar-refractivity contribution is 7.91. The van der Waals surface area contributed by atoms with E-state index in [2.05, 4.69) is 20.7 Å². The van der Waals surface area contributed by atoms with E-state index in [-0.39, 0.29) is 38.9 Å². The van der Waals surface area contributed by atoms with Gasteiger partial charge < -0.3 is 5.32 Å². The summed E-state index contributed by atoms with van der Waals surface area (Å²) in [6.45, 7) is -0.0298. The largest absolute Gasteiger partial charge is 0.337 e. The van der Waals surface area contributed by atoms with E-state index in [1.165, 1.54) is 41.0 Å². The van der Waals surface area contributed by atoms with Gasteiger partial charge in [-0.3, -0.25) is 10.1 Å². The van der Waals surface area contributed by atoms with Crippen LogP contribution in [-0.2, 0) is 36.0 Å². The zero-order chi connectivity index (χ0) is 26.2. The number of urea groups is 1. The summed E-state index contributed by atoms with van der Waals surface area (Å²) in [4.78, 5) is 28.6. The molecule has 1 atom stereocenters. The molecule has 13 heteroatoms. The second-order valence-electron chi connectivity index (χ2n) is 8.49. The zero-order valence-electron chi connectivity index (χ0n) is 19.2. The smallest absolute Gasteiger partial charge is 0.321 e. The van der Waals surface area contributed by atoms with Crippen molar-refractivity contribution in [2.24, 2.45) is 0 Å². The van der Waals surface area contributed by atoms with Crippen LogP contribution in [0.5, 0.6) is 0 Å². The first-order valence-electron chi connectivity index (χ1n) is 11.1. The maximum Gasteiger partial charge on any atom is 0.321 e. The van der Waals surface area contributed by atoms with E-state index in [1.807, 2.05) is 0 Å². The van der Waals surface area contributed by atoms with Crippen molar-refractivity contribution < 1.29 is 26.4 Å². The molecular weight excluding hydrogens is 518 g/mol. The first kappa shape index (κ1) is 24.6. The van der Waals surface area contributed by atoms with Gasteiger partial charge in [-0.15, -0.1) is 0 Å². The number of carbonyl (C=O) groups excluding carboxylic acids is 2. The Kier molecular flexibility index (Phi) is 6.25. The summed E-state index contributed by atoms with van der Waals surface area (Å²) < 4.78 is 53.4. The lowest BCUT2D eigenvalue weighted by Gasteiger charge is -2.22. The topological polar surface area (TPSA) is 157 Å². The fourth-order valence-corrected chi connectivity index (χ4v) is 6.67. The minimum Gasteiger partial charge on any atom is -0.337 e. The lowest BCUT2D eigenvalue weighted by atomic mass is 10.0. The van der Waals surface area contributed by atoms with Gasteiger partial charge in [0.2, 0.25) is 5.91 Å². The highest BCUT2D eigenvalue weighted by Gasteiger charge is 2.31. The molecule has 5 rings (SSSR count). The van der Waals surface area contributed by atoms with Crippen molar-refractivity contribution in [1.29, 1.82) is 0 Å². The molecule has 3 amide bonds. The summed E-state index contributed by atoms with van der Waals surface area (Å²) in [6.07, 6.45) is 1.40. The third-order valence-corrected chi connectivity index (χ3v) is 9.18. The van der Waals surface area contributed by atoms with E-state index >= 15 is 0 Å². The van der Waals surface area contributed by atoms with E-state index in [0.717, 1.165) is 0 Å². The first-order chi connectivity index (χ1) is 17.6. The Bertz CT molecular complexity index is 1720.